The molecule has 56 valence electrons. The Morgan fingerprint density at radius 1 is 1.33 bits per heavy atom. The van der Waals surface area contributed by atoms with Gasteiger partial charge in [0.1, 0.15) is 0 Å². The number of hydrogen-bond donors (Lipinski definition) is 0. The van der Waals surface area contributed by atoms with Gasteiger partial charge >= 0.3 is 29.6 Å². The van der Waals surface area contributed by atoms with Gasteiger partial charge in [0.15, 0.2) is 0 Å². The SMILES string of the molecule is O=C1C=c2ccc(Cl)cc2=N1.[NaH]. The van der Waals surface area contributed by atoms with E-state index in [0.29, 0.717) is 10.4 Å². The molecule has 2 rings (SSSR count). The van der Waals surface area contributed by atoms with Crippen molar-refractivity contribution in [2.24, 2.45) is 4.99 Å². The molecule has 0 N–H and O–H groups in total. The monoisotopic (exact) mass is 189 g/mol. The summed E-state index contributed by atoms with van der Waals surface area (Å²) >= 11 is 5.69. The average Bonchev–Trinajstić information content (AvgIpc) is 2.27. The zero-order valence-electron chi connectivity index (χ0n) is 5.54. The standard InChI is InChI=1S/C8H4ClNO.Na.H/c9-6-2-1-5-3-8(11)10-7(5)4-6;;/h1-4H;;. The van der Waals surface area contributed by atoms with E-state index in [-0.39, 0.29) is 35.5 Å². The fourth-order valence-corrected chi connectivity index (χ4v) is 1.19. The third-order valence-electron chi connectivity index (χ3n) is 1.50. The van der Waals surface area contributed by atoms with Gasteiger partial charge in [-0.3, -0.25) is 4.79 Å². The van der Waals surface area contributed by atoms with Gasteiger partial charge < -0.3 is 0 Å². The molecule has 1 aliphatic heterocycles. The molecule has 1 aliphatic rings. The molecule has 12 heavy (non-hydrogen) atoms. The van der Waals surface area contributed by atoms with E-state index in [0.717, 1.165) is 5.22 Å². The van der Waals surface area contributed by atoms with E-state index in [1.165, 1.54) is 6.08 Å². The molecule has 1 aromatic rings. The molecule has 0 saturated heterocycles. The Morgan fingerprint density at radius 3 is 2.83 bits per heavy atom. The van der Waals surface area contributed by atoms with Crippen molar-refractivity contribution < 1.29 is 4.79 Å². The molecule has 0 bridgehead atoms. The van der Waals surface area contributed by atoms with Gasteiger partial charge in [-0.05, 0) is 12.1 Å². The molecule has 0 atom stereocenters. The van der Waals surface area contributed by atoms with Crippen LogP contribution in [0, 0.1) is 0 Å². The minimum atomic E-state index is -0.206. The maximum atomic E-state index is 10.7. The Morgan fingerprint density at radius 2 is 2.08 bits per heavy atom. The van der Waals surface area contributed by atoms with E-state index >= 15 is 0 Å². The summed E-state index contributed by atoms with van der Waals surface area (Å²) in [5.41, 5.74) is 0. The number of rotatable bonds is 0. The average molecular weight is 190 g/mol. The van der Waals surface area contributed by atoms with Crippen molar-refractivity contribution in [3.05, 3.63) is 33.8 Å². The third kappa shape index (κ3) is 1.77. The summed E-state index contributed by atoms with van der Waals surface area (Å²) in [4.78, 5) is 14.5. The molecule has 1 heterocycles. The number of fused-ring (bicyclic) bond motifs is 1. The van der Waals surface area contributed by atoms with Crippen LogP contribution in [0.4, 0.5) is 0 Å². The first kappa shape index (κ1) is 9.93. The molecule has 4 heteroatoms. The first-order valence-electron chi connectivity index (χ1n) is 3.16. The van der Waals surface area contributed by atoms with E-state index < -0.39 is 0 Å². The molecule has 0 saturated carbocycles. The molecule has 1 amide bonds. The molecule has 0 aliphatic carbocycles. The van der Waals surface area contributed by atoms with Crippen LogP contribution >= 0.6 is 11.6 Å². The third-order valence-corrected chi connectivity index (χ3v) is 1.74. The van der Waals surface area contributed by atoms with Crippen LogP contribution in [-0.2, 0) is 4.79 Å². The molecule has 0 unspecified atom stereocenters. The Balaban J connectivity index is 0.000000720. The van der Waals surface area contributed by atoms with Crippen molar-refractivity contribution in [2.75, 3.05) is 0 Å². The number of amides is 1. The summed E-state index contributed by atoms with van der Waals surface area (Å²) < 4.78 is 0. The Hall–Kier alpha value is -0.150. The normalized spacial score (nSPS) is 12.6. The zero-order valence-corrected chi connectivity index (χ0v) is 6.30. The summed E-state index contributed by atoms with van der Waals surface area (Å²) in [6.07, 6.45) is 1.49. The molecule has 1 aromatic carbocycles. The van der Waals surface area contributed by atoms with Crippen LogP contribution < -0.4 is 10.6 Å². The summed E-state index contributed by atoms with van der Waals surface area (Å²) in [6, 6.07) is 5.20. The van der Waals surface area contributed by atoms with E-state index in [2.05, 4.69) is 4.99 Å². The van der Waals surface area contributed by atoms with Crippen LogP contribution in [0.25, 0.3) is 6.08 Å². The quantitative estimate of drug-likeness (QED) is 0.512. The summed E-state index contributed by atoms with van der Waals surface area (Å²) in [7, 11) is 0. The van der Waals surface area contributed by atoms with Crippen molar-refractivity contribution in [1.29, 1.82) is 0 Å². The van der Waals surface area contributed by atoms with Crippen LogP contribution in [0.3, 0.4) is 0 Å². The topological polar surface area (TPSA) is 29.4 Å². The van der Waals surface area contributed by atoms with Crippen LogP contribution in [0.1, 0.15) is 0 Å². The van der Waals surface area contributed by atoms with E-state index in [9.17, 15) is 4.79 Å². The van der Waals surface area contributed by atoms with Crippen molar-refractivity contribution in [2.45, 2.75) is 0 Å². The van der Waals surface area contributed by atoms with Gasteiger partial charge in [-0.15, -0.1) is 0 Å². The van der Waals surface area contributed by atoms with Gasteiger partial charge in [-0.25, -0.2) is 4.99 Å². The van der Waals surface area contributed by atoms with Gasteiger partial charge in [0.05, 0.1) is 5.36 Å². The summed E-state index contributed by atoms with van der Waals surface area (Å²) in [5.74, 6) is -0.206. The fraction of sp³-hybridized carbons (Fsp3) is 0. The van der Waals surface area contributed by atoms with Crippen LogP contribution in [0.5, 0.6) is 0 Å². The molecule has 0 spiro atoms. The number of benzene rings is 1. The number of carbonyl (C=O) groups excluding carboxylic acids is 1. The van der Waals surface area contributed by atoms with Gasteiger partial charge in [0, 0.05) is 16.3 Å². The molecule has 2 nitrogen and oxygen atoms in total. The first-order chi connectivity index (χ1) is 5.25. The number of hydrogen-bond acceptors (Lipinski definition) is 1. The Bertz CT molecular complexity index is 441. The van der Waals surface area contributed by atoms with Crippen molar-refractivity contribution >= 4 is 53.1 Å². The second kappa shape index (κ2) is 3.71. The number of halogens is 1. The first-order valence-corrected chi connectivity index (χ1v) is 3.53. The van der Waals surface area contributed by atoms with Gasteiger partial charge in [0.25, 0.3) is 5.91 Å². The van der Waals surface area contributed by atoms with Crippen molar-refractivity contribution in [1.82, 2.24) is 0 Å². The van der Waals surface area contributed by atoms with Crippen LogP contribution in [0.2, 0.25) is 5.02 Å². The van der Waals surface area contributed by atoms with Crippen LogP contribution in [-0.4, -0.2) is 35.5 Å². The van der Waals surface area contributed by atoms with Crippen molar-refractivity contribution in [3.8, 4) is 0 Å². The predicted octanol–water partition coefficient (Wildman–Crippen LogP) is -0.368. The van der Waals surface area contributed by atoms with Gasteiger partial charge in [-0.1, -0.05) is 17.7 Å². The van der Waals surface area contributed by atoms with E-state index in [1.807, 2.05) is 0 Å². The molecule has 0 fully saturated rings. The second-order valence-corrected chi connectivity index (χ2v) is 2.73. The van der Waals surface area contributed by atoms with Gasteiger partial charge in [0.2, 0.25) is 0 Å². The molecule has 0 radical (unpaired) electrons. The van der Waals surface area contributed by atoms with Gasteiger partial charge in [-0.2, -0.15) is 0 Å². The number of carbonyl (C=O) groups is 1. The van der Waals surface area contributed by atoms with E-state index in [4.69, 9.17) is 11.6 Å². The van der Waals surface area contributed by atoms with Crippen molar-refractivity contribution in [3.63, 3.8) is 0 Å². The summed E-state index contributed by atoms with van der Waals surface area (Å²) in [6.45, 7) is 0. The predicted molar refractivity (Wildman–Crippen MR) is 48.9 cm³/mol. The van der Waals surface area contributed by atoms with Crippen LogP contribution in [0.15, 0.2) is 23.2 Å². The fourth-order valence-electron chi connectivity index (χ4n) is 1.02. The summed E-state index contributed by atoms with van der Waals surface area (Å²) in [5, 5.41) is 2.12. The minimum absolute atomic E-state index is 0. The maximum absolute atomic E-state index is 10.7. The molecular weight excluding hydrogens is 185 g/mol. The Kier molecular flexibility index (Phi) is 3.07. The Labute approximate surface area is 96.2 Å². The number of nitrogens with zero attached hydrogens (tertiary/aromatic N) is 1. The zero-order chi connectivity index (χ0) is 7.84. The second-order valence-electron chi connectivity index (χ2n) is 2.30. The van der Waals surface area contributed by atoms with E-state index in [1.54, 1.807) is 18.2 Å². The molecular formula is C8H5ClNNaO. The molecule has 0 aromatic heterocycles.